The number of aromatic nitrogens is 2. The van der Waals surface area contributed by atoms with E-state index in [1.165, 1.54) is 29.7 Å². The third-order valence-corrected chi connectivity index (χ3v) is 5.44. The second kappa shape index (κ2) is 7.52. The number of H-pyrrole nitrogens is 1. The molecule has 2 heterocycles. The van der Waals surface area contributed by atoms with Gasteiger partial charge in [0.1, 0.15) is 0 Å². The summed E-state index contributed by atoms with van der Waals surface area (Å²) in [7, 11) is 0. The number of nitrogens with one attached hydrogen (secondary N) is 1. The van der Waals surface area contributed by atoms with Crippen molar-refractivity contribution in [3.8, 4) is 0 Å². The minimum absolute atomic E-state index is 0.0393. The molecule has 1 aliphatic carbocycles. The lowest BCUT2D eigenvalue weighted by Gasteiger charge is -2.42. The van der Waals surface area contributed by atoms with Crippen LogP contribution < -0.4 is 11.2 Å². The van der Waals surface area contributed by atoms with Gasteiger partial charge in [-0.2, -0.15) is 0 Å². The van der Waals surface area contributed by atoms with Gasteiger partial charge in [0.2, 0.25) is 5.91 Å². The molecular weight excluding hydrogens is 344 g/mol. The molecule has 0 bridgehead atoms. The Morgan fingerprint density at radius 2 is 1.85 bits per heavy atom. The van der Waals surface area contributed by atoms with E-state index >= 15 is 0 Å². The summed E-state index contributed by atoms with van der Waals surface area (Å²) in [6, 6.07) is 12.2. The molecule has 7 nitrogen and oxygen atoms in total. The van der Waals surface area contributed by atoms with Gasteiger partial charge in [0.05, 0.1) is 6.04 Å². The van der Waals surface area contributed by atoms with Crippen molar-refractivity contribution in [3.63, 3.8) is 0 Å². The van der Waals surface area contributed by atoms with Gasteiger partial charge in [0.25, 0.3) is 5.56 Å². The highest BCUT2D eigenvalue weighted by Gasteiger charge is 2.37. The van der Waals surface area contributed by atoms with Crippen LogP contribution in [-0.4, -0.2) is 50.9 Å². The maximum absolute atomic E-state index is 12.9. The number of hydrogen-bond donors (Lipinski definition) is 1. The fraction of sp³-hybridized carbons (Fsp3) is 0.450. The third kappa shape index (κ3) is 4.03. The molecule has 142 valence electrons. The lowest BCUT2D eigenvalue weighted by Crippen LogP contribution is -2.51. The molecule has 0 spiro atoms. The molecule has 1 aromatic heterocycles. The average molecular weight is 368 g/mol. The summed E-state index contributed by atoms with van der Waals surface area (Å²) in [6.45, 7) is 2.73. The molecule has 4 rings (SSSR count). The minimum atomic E-state index is -0.478. The van der Waals surface area contributed by atoms with Crippen LogP contribution in [0.4, 0.5) is 0 Å². The van der Waals surface area contributed by atoms with Crippen LogP contribution in [0.25, 0.3) is 0 Å². The summed E-state index contributed by atoms with van der Waals surface area (Å²) in [5.74, 6) is 0.0393. The topological polar surface area (TPSA) is 78.4 Å². The summed E-state index contributed by atoms with van der Waals surface area (Å²) < 4.78 is 1.37. The van der Waals surface area contributed by atoms with E-state index in [0.29, 0.717) is 12.6 Å². The first-order chi connectivity index (χ1) is 13.1. The second-order valence-electron chi connectivity index (χ2n) is 7.29. The van der Waals surface area contributed by atoms with E-state index in [4.69, 9.17) is 0 Å². The SMILES string of the molecule is O=C(CCn1ccc(=O)[nH]c1=O)N1CCN(C2CC2)C[C@H]1c1ccccc1. The highest BCUT2D eigenvalue weighted by molar-refractivity contribution is 5.77. The molecule has 2 fully saturated rings. The maximum atomic E-state index is 12.9. The van der Waals surface area contributed by atoms with E-state index in [9.17, 15) is 14.4 Å². The second-order valence-corrected chi connectivity index (χ2v) is 7.29. The molecular formula is C20H24N4O3. The quantitative estimate of drug-likeness (QED) is 0.853. The van der Waals surface area contributed by atoms with E-state index in [-0.39, 0.29) is 24.9 Å². The van der Waals surface area contributed by atoms with E-state index in [1.54, 1.807) is 0 Å². The van der Waals surface area contributed by atoms with Crippen LogP contribution in [-0.2, 0) is 11.3 Å². The minimum Gasteiger partial charge on any atom is -0.333 e. The Morgan fingerprint density at radius 3 is 2.56 bits per heavy atom. The predicted octanol–water partition coefficient (Wildman–Crippen LogP) is 0.975. The molecule has 1 N–H and O–H groups in total. The van der Waals surface area contributed by atoms with Crippen molar-refractivity contribution >= 4 is 5.91 Å². The van der Waals surface area contributed by atoms with Crippen molar-refractivity contribution in [2.45, 2.75) is 37.9 Å². The number of aromatic amines is 1. The smallest absolute Gasteiger partial charge is 0.328 e. The lowest BCUT2D eigenvalue weighted by atomic mass is 10.0. The zero-order chi connectivity index (χ0) is 18.8. The monoisotopic (exact) mass is 368 g/mol. The molecule has 1 atom stereocenters. The van der Waals surface area contributed by atoms with E-state index in [2.05, 4.69) is 22.0 Å². The van der Waals surface area contributed by atoms with E-state index < -0.39 is 11.2 Å². The number of nitrogens with zero attached hydrogens (tertiary/aromatic N) is 3. The Bertz CT molecular complexity index is 917. The van der Waals surface area contributed by atoms with Crippen molar-refractivity contribution in [3.05, 3.63) is 69.0 Å². The Morgan fingerprint density at radius 1 is 1.07 bits per heavy atom. The number of carbonyl (C=O) groups excluding carboxylic acids is 1. The summed E-state index contributed by atoms with van der Waals surface area (Å²) in [4.78, 5) is 42.6. The van der Waals surface area contributed by atoms with Crippen molar-refractivity contribution in [2.24, 2.45) is 0 Å². The number of hydrogen-bond acceptors (Lipinski definition) is 4. The van der Waals surface area contributed by atoms with Crippen LogP contribution in [0.15, 0.2) is 52.2 Å². The fourth-order valence-corrected chi connectivity index (χ4v) is 3.81. The van der Waals surface area contributed by atoms with Crippen LogP contribution >= 0.6 is 0 Å². The normalized spacial score (nSPS) is 20.6. The van der Waals surface area contributed by atoms with E-state index in [1.807, 2.05) is 23.1 Å². The predicted molar refractivity (Wildman–Crippen MR) is 101 cm³/mol. The van der Waals surface area contributed by atoms with Gasteiger partial charge in [-0.1, -0.05) is 30.3 Å². The molecule has 1 aliphatic heterocycles. The number of piperazine rings is 1. The molecule has 0 radical (unpaired) electrons. The van der Waals surface area contributed by atoms with Crippen LogP contribution in [0.2, 0.25) is 0 Å². The number of benzene rings is 1. The van der Waals surface area contributed by atoms with Gasteiger partial charge in [-0.15, -0.1) is 0 Å². The van der Waals surface area contributed by atoms with Crippen LogP contribution in [0.5, 0.6) is 0 Å². The largest absolute Gasteiger partial charge is 0.333 e. The number of rotatable bonds is 5. The van der Waals surface area contributed by atoms with Crippen LogP contribution in [0.3, 0.4) is 0 Å². The first kappa shape index (κ1) is 17.7. The molecule has 1 aromatic carbocycles. The molecule has 2 aromatic rings. The highest BCUT2D eigenvalue weighted by atomic mass is 16.2. The van der Waals surface area contributed by atoms with Gasteiger partial charge >= 0.3 is 5.69 Å². The van der Waals surface area contributed by atoms with Gasteiger partial charge in [0, 0.05) is 50.9 Å². The molecule has 2 aliphatic rings. The molecule has 1 saturated heterocycles. The zero-order valence-corrected chi connectivity index (χ0v) is 15.2. The van der Waals surface area contributed by atoms with Crippen molar-refractivity contribution in [2.75, 3.05) is 19.6 Å². The first-order valence-electron chi connectivity index (χ1n) is 9.50. The molecule has 27 heavy (non-hydrogen) atoms. The summed E-state index contributed by atoms with van der Waals surface area (Å²) >= 11 is 0. The number of aryl methyl sites for hydroxylation is 1. The summed E-state index contributed by atoms with van der Waals surface area (Å²) in [5.41, 5.74) is 0.244. The van der Waals surface area contributed by atoms with Crippen molar-refractivity contribution in [1.82, 2.24) is 19.4 Å². The molecule has 7 heteroatoms. The Kier molecular flexibility index (Phi) is 4.94. The number of carbonyl (C=O) groups is 1. The van der Waals surface area contributed by atoms with Crippen LogP contribution in [0, 0.1) is 0 Å². The van der Waals surface area contributed by atoms with Gasteiger partial charge in [0.15, 0.2) is 0 Å². The molecule has 0 unspecified atom stereocenters. The summed E-state index contributed by atoms with van der Waals surface area (Å²) in [6.07, 6.45) is 4.18. The van der Waals surface area contributed by atoms with E-state index in [0.717, 1.165) is 18.7 Å². The average Bonchev–Trinajstić information content (AvgIpc) is 3.53. The first-order valence-corrected chi connectivity index (χ1v) is 9.50. The van der Waals surface area contributed by atoms with Gasteiger partial charge in [-0.3, -0.25) is 19.5 Å². The standard InChI is InChI=1S/C20H24N4O3/c25-18-8-10-22(20(27)21-18)11-9-19(26)24-13-12-23(16-6-7-16)14-17(24)15-4-2-1-3-5-15/h1-5,8,10,16-17H,6-7,9,11-14H2,(H,21,25,27)/t17-/m0/s1. The highest BCUT2D eigenvalue weighted by Crippen LogP contribution is 2.33. The number of amides is 1. The van der Waals surface area contributed by atoms with Gasteiger partial charge in [-0.05, 0) is 18.4 Å². The van der Waals surface area contributed by atoms with Gasteiger partial charge < -0.3 is 9.47 Å². The summed E-state index contributed by atoms with van der Waals surface area (Å²) in [5, 5.41) is 0. The third-order valence-electron chi connectivity index (χ3n) is 5.44. The Balaban J connectivity index is 1.48. The maximum Gasteiger partial charge on any atom is 0.328 e. The van der Waals surface area contributed by atoms with Crippen molar-refractivity contribution in [1.29, 1.82) is 0 Å². The Hall–Kier alpha value is -2.67. The van der Waals surface area contributed by atoms with Crippen molar-refractivity contribution < 1.29 is 4.79 Å². The van der Waals surface area contributed by atoms with Gasteiger partial charge in [-0.25, -0.2) is 4.79 Å². The zero-order valence-electron chi connectivity index (χ0n) is 15.2. The lowest BCUT2D eigenvalue weighted by molar-refractivity contribution is -0.136. The fourth-order valence-electron chi connectivity index (χ4n) is 3.81. The van der Waals surface area contributed by atoms with Crippen LogP contribution in [0.1, 0.15) is 30.9 Å². The molecule has 1 amide bonds. The Labute approximate surface area is 157 Å². The molecule has 1 saturated carbocycles.